The quantitative estimate of drug-likeness (QED) is 0.379. The molecule has 0 saturated heterocycles. The summed E-state index contributed by atoms with van der Waals surface area (Å²) in [6.45, 7) is 18.9. The van der Waals surface area contributed by atoms with Gasteiger partial charge in [-0.2, -0.15) is 0 Å². The molecule has 33 heavy (non-hydrogen) atoms. The van der Waals surface area contributed by atoms with Crippen molar-refractivity contribution in [1.82, 2.24) is 0 Å². The van der Waals surface area contributed by atoms with Gasteiger partial charge in [-0.1, -0.05) is 130 Å². The molecule has 0 radical (unpaired) electrons. The lowest BCUT2D eigenvalue weighted by Gasteiger charge is -2.36. The molecule has 0 aromatic heterocycles. The summed E-state index contributed by atoms with van der Waals surface area (Å²) in [7, 11) is 0. The predicted molar refractivity (Wildman–Crippen MR) is 149 cm³/mol. The second kappa shape index (κ2) is 12.2. The molecule has 0 spiro atoms. The SMILES string of the molecule is C=C/C=C(\C=C(C)C)C1(C(/C=C\C)=C/C(C)=C\CC)c2ccccc2-c2ccccc21.CC. The first-order valence-corrected chi connectivity index (χ1v) is 12.2. The molecule has 0 heteroatoms. The van der Waals surface area contributed by atoms with Gasteiger partial charge in [0.2, 0.25) is 0 Å². The first-order chi connectivity index (χ1) is 16.0. The minimum absolute atomic E-state index is 0.395. The van der Waals surface area contributed by atoms with Crippen molar-refractivity contribution in [2.45, 2.75) is 60.3 Å². The summed E-state index contributed by atoms with van der Waals surface area (Å²) in [4.78, 5) is 0. The van der Waals surface area contributed by atoms with Crippen LogP contribution < -0.4 is 0 Å². The van der Waals surface area contributed by atoms with E-state index in [1.54, 1.807) is 0 Å². The van der Waals surface area contributed by atoms with E-state index in [4.69, 9.17) is 0 Å². The van der Waals surface area contributed by atoms with Crippen molar-refractivity contribution in [3.63, 3.8) is 0 Å². The molecular weight excluding hydrogens is 396 g/mol. The monoisotopic (exact) mass is 436 g/mol. The Kier molecular flexibility index (Phi) is 9.67. The molecule has 0 heterocycles. The Bertz CT molecular complexity index is 1060. The Balaban J connectivity index is 0.00000187. The van der Waals surface area contributed by atoms with Gasteiger partial charge >= 0.3 is 0 Å². The minimum atomic E-state index is -0.395. The van der Waals surface area contributed by atoms with Crippen LogP contribution in [0.4, 0.5) is 0 Å². The van der Waals surface area contributed by atoms with Crippen LogP contribution in [0.3, 0.4) is 0 Å². The van der Waals surface area contributed by atoms with Gasteiger partial charge in [-0.25, -0.2) is 0 Å². The van der Waals surface area contributed by atoms with Crippen LogP contribution in [-0.4, -0.2) is 0 Å². The number of allylic oxidation sites excluding steroid dienone is 11. The van der Waals surface area contributed by atoms with Crippen LogP contribution >= 0.6 is 0 Å². The summed E-state index contributed by atoms with van der Waals surface area (Å²) in [6, 6.07) is 17.7. The highest BCUT2D eigenvalue weighted by Gasteiger charge is 2.46. The lowest BCUT2D eigenvalue weighted by Crippen LogP contribution is -2.30. The molecule has 172 valence electrons. The number of fused-ring (bicyclic) bond motifs is 3. The van der Waals surface area contributed by atoms with E-state index >= 15 is 0 Å². The Hall–Kier alpha value is -3.12. The van der Waals surface area contributed by atoms with Crippen molar-refractivity contribution in [2.75, 3.05) is 0 Å². The summed E-state index contributed by atoms with van der Waals surface area (Å²) in [5.41, 5.74) is 9.96. The summed E-state index contributed by atoms with van der Waals surface area (Å²) in [6.07, 6.45) is 16.5. The number of rotatable bonds is 7. The van der Waals surface area contributed by atoms with Crippen LogP contribution in [0.1, 0.15) is 66.0 Å². The first kappa shape index (κ1) is 26.1. The van der Waals surface area contributed by atoms with E-state index in [0.29, 0.717) is 0 Å². The molecule has 0 fully saturated rings. The molecule has 0 aliphatic heterocycles. The second-order valence-electron chi connectivity index (χ2n) is 8.38. The molecule has 0 nitrogen and oxygen atoms in total. The van der Waals surface area contributed by atoms with Crippen LogP contribution in [0.5, 0.6) is 0 Å². The van der Waals surface area contributed by atoms with E-state index in [2.05, 4.69) is 126 Å². The molecule has 0 atom stereocenters. The van der Waals surface area contributed by atoms with Crippen LogP contribution in [0.15, 0.2) is 120 Å². The van der Waals surface area contributed by atoms with Gasteiger partial charge in [0.25, 0.3) is 0 Å². The second-order valence-corrected chi connectivity index (χ2v) is 8.38. The molecule has 2 aromatic rings. The average Bonchev–Trinajstić information content (AvgIpc) is 3.11. The van der Waals surface area contributed by atoms with Gasteiger partial charge in [0.05, 0.1) is 5.41 Å². The summed E-state index contributed by atoms with van der Waals surface area (Å²) < 4.78 is 0. The van der Waals surface area contributed by atoms with Gasteiger partial charge in [0.1, 0.15) is 0 Å². The molecule has 0 saturated carbocycles. The lowest BCUT2D eigenvalue weighted by atomic mass is 9.65. The fourth-order valence-corrected chi connectivity index (χ4v) is 4.83. The van der Waals surface area contributed by atoms with Crippen molar-refractivity contribution in [3.05, 3.63) is 131 Å². The molecule has 0 N–H and O–H groups in total. The predicted octanol–water partition coefficient (Wildman–Crippen LogP) is 9.92. The van der Waals surface area contributed by atoms with E-state index in [1.165, 1.54) is 44.5 Å². The normalized spacial score (nSPS) is 14.8. The molecular formula is C33H40. The number of hydrogen-bond donors (Lipinski definition) is 0. The molecule has 1 aliphatic carbocycles. The summed E-state index contributed by atoms with van der Waals surface area (Å²) in [5, 5.41) is 0. The van der Waals surface area contributed by atoms with Crippen molar-refractivity contribution in [2.24, 2.45) is 0 Å². The average molecular weight is 437 g/mol. The highest BCUT2D eigenvalue weighted by molar-refractivity contribution is 5.87. The van der Waals surface area contributed by atoms with Gasteiger partial charge < -0.3 is 0 Å². The molecule has 0 unspecified atom stereocenters. The van der Waals surface area contributed by atoms with Crippen LogP contribution in [0, 0.1) is 0 Å². The maximum atomic E-state index is 4.06. The van der Waals surface area contributed by atoms with Crippen molar-refractivity contribution in [3.8, 4) is 11.1 Å². The van der Waals surface area contributed by atoms with Crippen molar-refractivity contribution >= 4 is 0 Å². The Morgan fingerprint density at radius 1 is 0.848 bits per heavy atom. The van der Waals surface area contributed by atoms with Crippen molar-refractivity contribution in [1.29, 1.82) is 0 Å². The molecule has 1 aliphatic rings. The first-order valence-electron chi connectivity index (χ1n) is 12.2. The maximum Gasteiger partial charge on any atom is 0.0713 e. The number of hydrogen-bond acceptors (Lipinski definition) is 0. The van der Waals surface area contributed by atoms with Crippen molar-refractivity contribution < 1.29 is 0 Å². The summed E-state index contributed by atoms with van der Waals surface area (Å²) >= 11 is 0. The van der Waals surface area contributed by atoms with E-state index in [1.807, 2.05) is 19.9 Å². The zero-order chi connectivity index (χ0) is 24.4. The Morgan fingerprint density at radius 2 is 1.39 bits per heavy atom. The Labute approximate surface area is 202 Å². The zero-order valence-corrected chi connectivity index (χ0v) is 21.6. The highest BCUT2D eigenvalue weighted by atomic mass is 14.5. The summed E-state index contributed by atoms with van der Waals surface area (Å²) in [5.74, 6) is 0. The smallest absolute Gasteiger partial charge is 0.0713 e. The van der Waals surface area contributed by atoms with E-state index in [9.17, 15) is 0 Å². The van der Waals surface area contributed by atoms with Gasteiger partial charge in [-0.15, -0.1) is 0 Å². The standard InChI is InChI=1S/C31H34.C2H6/c1-7-14-24(6)22-26(16-9-3)31(25(15-8-2)21-23(4)5)29-19-12-10-17-27(29)28-18-11-13-20-30(28)31;1-2/h8-22H,2,7H2,1,3-6H3;1-2H3/b16-9-,24-14-,25-15+,26-22+;. The fraction of sp³-hybridized carbons (Fsp3) is 0.273. The van der Waals surface area contributed by atoms with Gasteiger partial charge in [0.15, 0.2) is 0 Å². The fourth-order valence-electron chi connectivity index (χ4n) is 4.83. The molecule has 2 aromatic carbocycles. The Morgan fingerprint density at radius 3 is 1.85 bits per heavy atom. The highest BCUT2D eigenvalue weighted by Crippen LogP contribution is 2.57. The van der Waals surface area contributed by atoms with Gasteiger partial charge in [-0.05, 0) is 67.5 Å². The van der Waals surface area contributed by atoms with Crippen LogP contribution in [-0.2, 0) is 5.41 Å². The molecule has 3 rings (SSSR count). The van der Waals surface area contributed by atoms with E-state index < -0.39 is 5.41 Å². The van der Waals surface area contributed by atoms with Gasteiger partial charge in [0, 0.05) is 0 Å². The van der Waals surface area contributed by atoms with Gasteiger partial charge in [-0.3, -0.25) is 0 Å². The molecule has 0 amide bonds. The van der Waals surface area contributed by atoms with Crippen LogP contribution in [0.25, 0.3) is 11.1 Å². The lowest BCUT2D eigenvalue weighted by molar-refractivity contribution is 0.762. The number of benzene rings is 2. The third-order valence-corrected chi connectivity index (χ3v) is 5.82. The van der Waals surface area contributed by atoms with E-state index in [-0.39, 0.29) is 0 Å². The topological polar surface area (TPSA) is 0 Å². The minimum Gasteiger partial charge on any atom is -0.0991 e. The zero-order valence-electron chi connectivity index (χ0n) is 21.6. The van der Waals surface area contributed by atoms with Crippen LogP contribution in [0.2, 0.25) is 0 Å². The van der Waals surface area contributed by atoms with E-state index in [0.717, 1.165) is 6.42 Å². The maximum absolute atomic E-state index is 4.06. The third-order valence-electron chi connectivity index (χ3n) is 5.82. The largest absolute Gasteiger partial charge is 0.0991 e. The third kappa shape index (κ3) is 5.11. The molecule has 0 bridgehead atoms.